The zero-order valence-corrected chi connectivity index (χ0v) is 16.8. The molecule has 148 valence electrons. The number of aliphatic hydroxyl groups is 1. The van der Waals surface area contributed by atoms with E-state index in [9.17, 15) is 5.11 Å². The van der Waals surface area contributed by atoms with Crippen LogP contribution in [0.25, 0.3) is 0 Å². The summed E-state index contributed by atoms with van der Waals surface area (Å²) in [5.41, 5.74) is 3.91. The van der Waals surface area contributed by atoms with Crippen LogP contribution in [-0.2, 0) is 6.54 Å². The van der Waals surface area contributed by atoms with Crippen LogP contribution in [0.1, 0.15) is 30.7 Å². The molecule has 28 heavy (non-hydrogen) atoms. The third-order valence-corrected chi connectivity index (χ3v) is 5.26. The summed E-state index contributed by atoms with van der Waals surface area (Å²) in [6, 6.07) is 8.18. The zero-order valence-electron chi connectivity index (χ0n) is 16.8. The average molecular weight is 381 g/mol. The van der Waals surface area contributed by atoms with Crippen molar-refractivity contribution in [3.8, 4) is 5.75 Å². The van der Waals surface area contributed by atoms with E-state index < -0.39 is 6.10 Å². The molecule has 0 spiro atoms. The van der Waals surface area contributed by atoms with Crippen LogP contribution in [0.3, 0.4) is 0 Å². The minimum atomic E-state index is -0.395. The zero-order chi connectivity index (χ0) is 19.8. The maximum absolute atomic E-state index is 10.3. The molecule has 1 saturated heterocycles. The second-order valence-electron chi connectivity index (χ2n) is 7.92. The average Bonchev–Trinajstić information content (AvgIpc) is 3.24. The second-order valence-corrected chi connectivity index (χ2v) is 7.92. The molecule has 2 aliphatic heterocycles. The predicted molar refractivity (Wildman–Crippen MR) is 109 cm³/mol. The van der Waals surface area contributed by atoms with E-state index in [1.807, 2.05) is 46.1 Å². The fourth-order valence-electron chi connectivity index (χ4n) is 3.84. The summed E-state index contributed by atoms with van der Waals surface area (Å²) >= 11 is 0. The first-order valence-corrected chi connectivity index (χ1v) is 9.68. The number of ether oxygens (including phenoxy) is 1. The topological polar surface area (TPSA) is 74.1 Å². The summed E-state index contributed by atoms with van der Waals surface area (Å²) in [7, 11) is 3.98. The molecule has 0 unspecified atom stereocenters. The lowest BCUT2D eigenvalue weighted by Gasteiger charge is -2.22. The van der Waals surface area contributed by atoms with E-state index in [0.29, 0.717) is 13.1 Å². The van der Waals surface area contributed by atoms with Crippen molar-refractivity contribution in [1.29, 1.82) is 0 Å². The summed E-state index contributed by atoms with van der Waals surface area (Å²) in [4.78, 5) is 17.8. The van der Waals surface area contributed by atoms with Gasteiger partial charge in [0.05, 0.1) is 36.2 Å². The van der Waals surface area contributed by atoms with Crippen molar-refractivity contribution in [2.24, 2.45) is 4.99 Å². The number of β-amino-alcohol motifs (C(OH)–C–C–N with tert-alkyl or cyclic N) is 1. The van der Waals surface area contributed by atoms with Gasteiger partial charge in [-0.3, -0.25) is 4.99 Å². The van der Waals surface area contributed by atoms with Gasteiger partial charge in [0.2, 0.25) is 0 Å². The van der Waals surface area contributed by atoms with Gasteiger partial charge in [-0.25, -0.2) is 9.97 Å². The summed E-state index contributed by atoms with van der Waals surface area (Å²) in [6.45, 7) is 5.99. The molecule has 1 aromatic carbocycles. The first kappa shape index (κ1) is 18.8. The van der Waals surface area contributed by atoms with E-state index in [4.69, 9.17) is 9.73 Å². The van der Waals surface area contributed by atoms with Crippen molar-refractivity contribution in [3.63, 3.8) is 0 Å². The number of hydrogen-bond donors (Lipinski definition) is 1. The Labute approximate surface area is 165 Å². The van der Waals surface area contributed by atoms with Gasteiger partial charge in [0.15, 0.2) is 0 Å². The molecule has 0 saturated carbocycles. The lowest BCUT2D eigenvalue weighted by Crippen LogP contribution is -2.38. The fraction of sp³-hybridized carbons (Fsp3) is 0.476. The SMILES string of the molecule is CC(C)Oc1ccc2c(c1)C(c1cc(N3C[C@H](O)[C@@H](N(C)C)C3)ncn1)=NC2. The number of rotatable bonds is 5. The van der Waals surface area contributed by atoms with Crippen LogP contribution in [0.4, 0.5) is 5.82 Å². The van der Waals surface area contributed by atoms with Crippen LogP contribution in [0.15, 0.2) is 35.6 Å². The first-order valence-electron chi connectivity index (χ1n) is 9.68. The number of aromatic nitrogens is 2. The van der Waals surface area contributed by atoms with E-state index in [2.05, 4.69) is 25.8 Å². The molecule has 0 radical (unpaired) electrons. The number of hydrogen-bond acceptors (Lipinski definition) is 7. The van der Waals surface area contributed by atoms with Crippen molar-refractivity contribution >= 4 is 11.5 Å². The Morgan fingerprint density at radius 3 is 2.71 bits per heavy atom. The Morgan fingerprint density at radius 1 is 1.18 bits per heavy atom. The Hall–Kier alpha value is -2.51. The molecule has 0 amide bonds. The van der Waals surface area contributed by atoms with Crippen molar-refractivity contribution in [2.45, 2.75) is 38.6 Å². The van der Waals surface area contributed by atoms with Crippen molar-refractivity contribution in [2.75, 3.05) is 32.1 Å². The van der Waals surface area contributed by atoms with Gasteiger partial charge in [0.1, 0.15) is 17.9 Å². The molecule has 4 rings (SSSR count). The largest absolute Gasteiger partial charge is 0.491 e. The quantitative estimate of drug-likeness (QED) is 0.850. The van der Waals surface area contributed by atoms with Gasteiger partial charge in [-0.15, -0.1) is 0 Å². The number of nitrogens with zero attached hydrogens (tertiary/aromatic N) is 5. The predicted octanol–water partition coefficient (Wildman–Crippen LogP) is 1.73. The van der Waals surface area contributed by atoms with Crippen LogP contribution >= 0.6 is 0 Å². The van der Waals surface area contributed by atoms with Crippen LogP contribution in [0, 0.1) is 0 Å². The maximum atomic E-state index is 10.3. The smallest absolute Gasteiger partial charge is 0.132 e. The van der Waals surface area contributed by atoms with Crippen LogP contribution in [-0.4, -0.2) is 71.1 Å². The van der Waals surface area contributed by atoms with Crippen LogP contribution in [0.5, 0.6) is 5.75 Å². The fourth-order valence-corrected chi connectivity index (χ4v) is 3.84. The van der Waals surface area contributed by atoms with Gasteiger partial charge in [0, 0.05) is 24.7 Å². The summed E-state index contributed by atoms with van der Waals surface area (Å²) in [6.07, 6.45) is 1.31. The number of aliphatic hydroxyl groups excluding tert-OH is 1. The molecule has 1 N–H and O–H groups in total. The Morgan fingerprint density at radius 2 is 2.00 bits per heavy atom. The lowest BCUT2D eigenvalue weighted by atomic mass is 10.0. The van der Waals surface area contributed by atoms with E-state index >= 15 is 0 Å². The van der Waals surface area contributed by atoms with E-state index in [0.717, 1.165) is 35.1 Å². The maximum Gasteiger partial charge on any atom is 0.132 e. The van der Waals surface area contributed by atoms with Crippen LogP contribution < -0.4 is 9.64 Å². The Balaban J connectivity index is 1.60. The molecule has 0 aliphatic carbocycles. The molecule has 7 heteroatoms. The van der Waals surface area contributed by atoms with Gasteiger partial charge >= 0.3 is 0 Å². The minimum absolute atomic E-state index is 0.0960. The van der Waals surface area contributed by atoms with Gasteiger partial charge in [-0.2, -0.15) is 0 Å². The highest BCUT2D eigenvalue weighted by atomic mass is 16.5. The number of benzene rings is 1. The highest BCUT2D eigenvalue weighted by molar-refractivity contribution is 6.14. The lowest BCUT2D eigenvalue weighted by molar-refractivity contribution is 0.114. The number of likely N-dealkylation sites (N-methyl/N-ethyl adjacent to an activating group) is 1. The standard InChI is InChI=1S/C21H27N5O2/c1-13(2)28-15-6-5-14-9-22-21(16(14)7-15)17-8-20(24-12-23-17)26-10-18(25(3)4)19(27)11-26/h5-8,12-13,18-19,27H,9-11H2,1-4H3/t18-,19-/m0/s1. The molecule has 7 nitrogen and oxygen atoms in total. The van der Waals surface area contributed by atoms with E-state index in [1.165, 1.54) is 5.56 Å². The molecule has 3 heterocycles. The highest BCUT2D eigenvalue weighted by Crippen LogP contribution is 2.28. The third-order valence-electron chi connectivity index (χ3n) is 5.26. The molecular weight excluding hydrogens is 354 g/mol. The first-order chi connectivity index (χ1) is 13.4. The van der Waals surface area contributed by atoms with Gasteiger partial charge < -0.3 is 19.6 Å². The Bertz CT molecular complexity index is 896. The second kappa shape index (κ2) is 7.48. The highest BCUT2D eigenvalue weighted by Gasteiger charge is 2.33. The van der Waals surface area contributed by atoms with Crippen molar-refractivity contribution < 1.29 is 9.84 Å². The number of anilines is 1. The Kier molecular flexibility index (Phi) is 5.03. The summed E-state index contributed by atoms with van der Waals surface area (Å²) < 4.78 is 5.85. The normalized spacial score (nSPS) is 21.4. The van der Waals surface area contributed by atoms with Crippen LogP contribution in [0.2, 0.25) is 0 Å². The molecular formula is C21H27N5O2. The monoisotopic (exact) mass is 381 g/mol. The third kappa shape index (κ3) is 3.59. The molecule has 2 atom stereocenters. The summed E-state index contributed by atoms with van der Waals surface area (Å²) in [5.74, 6) is 1.66. The van der Waals surface area contributed by atoms with Gasteiger partial charge in [-0.05, 0) is 45.6 Å². The summed E-state index contributed by atoms with van der Waals surface area (Å²) in [5, 5.41) is 10.3. The molecule has 1 fully saturated rings. The van der Waals surface area contributed by atoms with Gasteiger partial charge in [-0.1, -0.05) is 6.07 Å². The van der Waals surface area contributed by atoms with Crippen molar-refractivity contribution in [3.05, 3.63) is 47.4 Å². The number of aliphatic imine (C=N–C) groups is 1. The molecule has 2 aliphatic rings. The molecule has 2 aromatic rings. The minimum Gasteiger partial charge on any atom is -0.491 e. The number of fused-ring (bicyclic) bond motifs is 1. The van der Waals surface area contributed by atoms with Gasteiger partial charge in [0.25, 0.3) is 0 Å². The van der Waals surface area contributed by atoms with E-state index in [-0.39, 0.29) is 12.1 Å². The molecule has 0 bridgehead atoms. The molecule has 1 aromatic heterocycles. The van der Waals surface area contributed by atoms with Crippen molar-refractivity contribution in [1.82, 2.24) is 14.9 Å². The van der Waals surface area contributed by atoms with E-state index in [1.54, 1.807) is 6.33 Å².